The van der Waals surface area contributed by atoms with Gasteiger partial charge in [-0.1, -0.05) is 35.3 Å². The van der Waals surface area contributed by atoms with Gasteiger partial charge in [-0.3, -0.25) is 9.56 Å². The molecule has 0 amide bonds. The third kappa shape index (κ3) is 5.36. The van der Waals surface area contributed by atoms with Crippen molar-refractivity contribution < 1.29 is 13.3 Å². The minimum atomic E-state index is -3.63. The highest BCUT2D eigenvalue weighted by molar-refractivity contribution is 7.96. The van der Waals surface area contributed by atoms with Gasteiger partial charge in [0.15, 0.2) is 0 Å². The van der Waals surface area contributed by atoms with Crippen LogP contribution in [0.5, 0.6) is 0 Å². The van der Waals surface area contributed by atoms with Gasteiger partial charge < -0.3 is 5.32 Å². The summed E-state index contributed by atoms with van der Waals surface area (Å²) in [6.07, 6.45) is 6.01. The lowest BCUT2D eigenvalue weighted by Crippen LogP contribution is -2.31. The normalized spacial score (nSPS) is 16.1. The molecule has 1 aromatic carbocycles. The van der Waals surface area contributed by atoms with E-state index in [4.69, 9.17) is 4.84 Å². The summed E-state index contributed by atoms with van der Waals surface area (Å²) in [6, 6.07) is 6.83. The quantitative estimate of drug-likeness (QED) is 0.401. The Labute approximate surface area is 143 Å². The Balaban J connectivity index is 2.00. The Morgan fingerprint density at radius 1 is 1.30 bits per heavy atom. The summed E-state index contributed by atoms with van der Waals surface area (Å²) in [5.74, 6) is 0. The third-order valence-electron chi connectivity index (χ3n) is 3.77. The second kappa shape index (κ2) is 8.89. The summed E-state index contributed by atoms with van der Waals surface area (Å²) in [5, 5.41) is 3.20. The molecule has 0 radical (unpaired) electrons. The molecule has 6 nitrogen and oxygen atoms in total. The van der Waals surface area contributed by atoms with E-state index in [1.807, 2.05) is 12.3 Å². The van der Waals surface area contributed by atoms with Crippen molar-refractivity contribution in [1.29, 1.82) is 0 Å². The van der Waals surface area contributed by atoms with Gasteiger partial charge in [-0.25, -0.2) is 8.42 Å². The van der Waals surface area contributed by atoms with E-state index in [-0.39, 0.29) is 11.0 Å². The SMILES string of the molecule is CSNCCNc1cccc(S(=O)(=O)N(C)OC2CCCC2)c1. The van der Waals surface area contributed by atoms with Gasteiger partial charge in [0.05, 0.1) is 11.0 Å². The van der Waals surface area contributed by atoms with E-state index in [0.717, 1.165) is 48.9 Å². The van der Waals surface area contributed by atoms with Gasteiger partial charge in [-0.2, -0.15) is 0 Å². The predicted octanol–water partition coefficient (Wildman–Crippen LogP) is 2.46. The predicted molar refractivity (Wildman–Crippen MR) is 94.7 cm³/mol. The van der Waals surface area contributed by atoms with E-state index in [1.54, 1.807) is 30.1 Å². The van der Waals surface area contributed by atoms with Crippen molar-refractivity contribution in [2.75, 3.05) is 31.7 Å². The van der Waals surface area contributed by atoms with Crippen molar-refractivity contribution in [1.82, 2.24) is 9.19 Å². The zero-order valence-electron chi connectivity index (χ0n) is 13.6. The number of nitrogens with zero attached hydrogens (tertiary/aromatic N) is 1. The van der Waals surface area contributed by atoms with Crippen molar-refractivity contribution in [2.24, 2.45) is 0 Å². The van der Waals surface area contributed by atoms with Crippen molar-refractivity contribution in [3.8, 4) is 0 Å². The van der Waals surface area contributed by atoms with Crippen LogP contribution in [0.4, 0.5) is 5.69 Å². The van der Waals surface area contributed by atoms with E-state index in [2.05, 4.69) is 10.0 Å². The van der Waals surface area contributed by atoms with Gasteiger partial charge >= 0.3 is 0 Å². The number of anilines is 1. The lowest BCUT2D eigenvalue weighted by atomic mass is 10.3. The molecule has 2 rings (SSSR count). The zero-order valence-corrected chi connectivity index (χ0v) is 15.3. The zero-order chi connectivity index (χ0) is 16.7. The number of benzene rings is 1. The Bertz CT molecular complexity index is 589. The maximum absolute atomic E-state index is 12.6. The summed E-state index contributed by atoms with van der Waals surface area (Å²) < 4.78 is 29.4. The number of hydroxylamine groups is 1. The van der Waals surface area contributed by atoms with E-state index in [9.17, 15) is 8.42 Å². The number of rotatable bonds is 9. The maximum Gasteiger partial charge on any atom is 0.264 e. The first-order valence-corrected chi connectivity index (χ1v) is 10.5. The smallest absolute Gasteiger partial charge is 0.264 e. The van der Waals surface area contributed by atoms with Crippen LogP contribution in [0.15, 0.2) is 29.2 Å². The Kier molecular flexibility index (Phi) is 7.16. The number of hydrogen-bond acceptors (Lipinski definition) is 6. The maximum atomic E-state index is 12.6. The van der Waals surface area contributed by atoms with E-state index in [1.165, 1.54) is 7.05 Å². The Morgan fingerprint density at radius 3 is 2.74 bits per heavy atom. The van der Waals surface area contributed by atoms with E-state index < -0.39 is 10.0 Å². The van der Waals surface area contributed by atoms with Crippen molar-refractivity contribution >= 4 is 27.7 Å². The fraction of sp³-hybridized carbons (Fsp3) is 0.600. The molecule has 130 valence electrons. The largest absolute Gasteiger partial charge is 0.384 e. The van der Waals surface area contributed by atoms with Gasteiger partial charge in [0.25, 0.3) is 10.0 Å². The molecule has 2 N–H and O–H groups in total. The molecule has 1 aromatic rings. The highest BCUT2D eigenvalue weighted by Crippen LogP contribution is 2.25. The molecule has 0 heterocycles. The van der Waals surface area contributed by atoms with Gasteiger partial charge in [-0.05, 0) is 37.3 Å². The lowest BCUT2D eigenvalue weighted by molar-refractivity contribution is -0.113. The molecule has 0 bridgehead atoms. The molecule has 0 aromatic heterocycles. The minimum Gasteiger partial charge on any atom is -0.384 e. The molecule has 0 atom stereocenters. The van der Waals surface area contributed by atoms with Crippen molar-refractivity contribution in [3.05, 3.63) is 24.3 Å². The van der Waals surface area contributed by atoms with Crippen LogP contribution in [0.2, 0.25) is 0 Å². The average molecular weight is 360 g/mol. The minimum absolute atomic E-state index is 0.00806. The Hall–Kier alpha value is -0.800. The second-order valence-corrected chi connectivity index (χ2v) is 8.11. The van der Waals surface area contributed by atoms with Crippen molar-refractivity contribution in [2.45, 2.75) is 36.7 Å². The summed E-state index contributed by atoms with van der Waals surface area (Å²) in [4.78, 5) is 5.83. The lowest BCUT2D eigenvalue weighted by Gasteiger charge is -2.21. The van der Waals surface area contributed by atoms with E-state index in [0.29, 0.717) is 0 Å². The topological polar surface area (TPSA) is 70.7 Å². The summed E-state index contributed by atoms with van der Waals surface area (Å²) in [6.45, 7) is 1.52. The number of hydrogen-bond donors (Lipinski definition) is 2. The van der Waals surface area contributed by atoms with Crippen LogP contribution in [-0.2, 0) is 14.9 Å². The average Bonchev–Trinajstić information content (AvgIpc) is 3.05. The fourth-order valence-corrected chi connectivity index (χ4v) is 3.90. The monoisotopic (exact) mass is 359 g/mol. The van der Waals surface area contributed by atoms with Crippen LogP contribution in [-0.4, -0.2) is 45.4 Å². The molecule has 0 unspecified atom stereocenters. The second-order valence-electron chi connectivity index (χ2n) is 5.48. The number of nitrogens with one attached hydrogen (secondary N) is 2. The highest BCUT2D eigenvalue weighted by atomic mass is 32.2. The van der Waals surface area contributed by atoms with Crippen LogP contribution in [0, 0.1) is 0 Å². The van der Waals surface area contributed by atoms with Gasteiger partial charge in [0.1, 0.15) is 0 Å². The number of sulfonamides is 1. The standard InChI is InChI=1S/C15H25N3O3S2/c1-18(21-14-7-3-4-8-14)23(19,20)15-9-5-6-13(12-15)16-10-11-17-22-2/h5-6,9,12,14,16-17H,3-4,7-8,10-11H2,1-2H3. The molecule has 0 saturated heterocycles. The van der Waals surface area contributed by atoms with Crippen molar-refractivity contribution in [3.63, 3.8) is 0 Å². The molecular weight excluding hydrogens is 334 g/mol. The van der Waals surface area contributed by atoms with Crippen LogP contribution < -0.4 is 10.0 Å². The summed E-state index contributed by atoms with van der Waals surface area (Å²) >= 11 is 1.55. The van der Waals surface area contributed by atoms with E-state index >= 15 is 0 Å². The molecule has 23 heavy (non-hydrogen) atoms. The first-order valence-electron chi connectivity index (χ1n) is 7.79. The molecule has 1 saturated carbocycles. The molecule has 0 spiro atoms. The molecular formula is C15H25N3O3S2. The molecule has 1 fully saturated rings. The van der Waals surface area contributed by atoms with Gasteiger partial charge in [0.2, 0.25) is 0 Å². The first kappa shape index (κ1) is 18.5. The fourth-order valence-electron chi connectivity index (χ4n) is 2.54. The molecule has 8 heteroatoms. The molecule has 1 aliphatic carbocycles. The van der Waals surface area contributed by atoms with Gasteiger partial charge in [0, 0.05) is 25.8 Å². The highest BCUT2D eigenvalue weighted by Gasteiger charge is 2.26. The van der Waals surface area contributed by atoms with Crippen LogP contribution >= 0.6 is 11.9 Å². The van der Waals surface area contributed by atoms with Crippen LogP contribution in [0.25, 0.3) is 0 Å². The molecule has 0 aliphatic heterocycles. The third-order valence-corrected chi connectivity index (χ3v) is 5.88. The molecule has 1 aliphatic rings. The van der Waals surface area contributed by atoms with Crippen LogP contribution in [0.1, 0.15) is 25.7 Å². The van der Waals surface area contributed by atoms with Gasteiger partial charge in [-0.15, -0.1) is 0 Å². The first-order chi connectivity index (χ1) is 11.0. The summed E-state index contributed by atoms with van der Waals surface area (Å²) in [7, 11) is -2.16. The Morgan fingerprint density at radius 2 is 2.04 bits per heavy atom. The van der Waals surface area contributed by atoms with Crippen LogP contribution in [0.3, 0.4) is 0 Å². The summed E-state index contributed by atoms with van der Waals surface area (Å²) in [5.41, 5.74) is 0.781.